The number of esters is 1. The molecule has 0 aromatic heterocycles. The first-order valence-electron chi connectivity index (χ1n) is 9.88. The number of phenols is 2. The first kappa shape index (κ1) is 23.3. The van der Waals surface area contributed by atoms with Crippen molar-refractivity contribution in [1.29, 1.82) is 0 Å². The molecule has 8 heteroatoms. The van der Waals surface area contributed by atoms with Crippen molar-refractivity contribution < 1.29 is 39.5 Å². The lowest BCUT2D eigenvalue weighted by atomic mass is 9.93. The number of aromatic hydroxyl groups is 2. The second-order valence-corrected chi connectivity index (χ2v) is 8.34. The van der Waals surface area contributed by atoms with E-state index in [4.69, 9.17) is 14.9 Å². The Labute approximate surface area is 189 Å². The summed E-state index contributed by atoms with van der Waals surface area (Å²) >= 11 is 0. The highest BCUT2D eigenvalue weighted by Gasteiger charge is 2.23. The minimum Gasteiger partial charge on any atom is -0.507 e. The zero-order chi connectivity index (χ0) is 24.5. The van der Waals surface area contributed by atoms with E-state index >= 15 is 0 Å². The topological polar surface area (TPSA) is 141 Å². The number of benzene rings is 3. The molecule has 0 saturated heterocycles. The van der Waals surface area contributed by atoms with E-state index in [1.54, 1.807) is 32.9 Å². The average molecular weight is 450 g/mol. The van der Waals surface area contributed by atoms with E-state index in [1.165, 1.54) is 42.5 Å². The molecule has 0 aliphatic carbocycles. The zero-order valence-corrected chi connectivity index (χ0v) is 18.1. The predicted octanol–water partition coefficient (Wildman–Crippen LogP) is 4.78. The molecule has 0 aliphatic heterocycles. The number of ether oxygens (including phenoxy) is 1. The predicted molar refractivity (Wildman–Crippen MR) is 120 cm³/mol. The zero-order valence-electron chi connectivity index (χ0n) is 18.1. The number of hydrogen-bond acceptors (Lipinski definition) is 6. The minimum atomic E-state index is -1.29. The van der Waals surface area contributed by atoms with E-state index in [0.717, 1.165) is 0 Å². The summed E-state index contributed by atoms with van der Waals surface area (Å²) in [5, 5.41) is 38.4. The largest absolute Gasteiger partial charge is 0.507 e. The van der Waals surface area contributed by atoms with Gasteiger partial charge in [-0.3, -0.25) is 0 Å². The van der Waals surface area contributed by atoms with Gasteiger partial charge in [0.25, 0.3) is 0 Å². The number of carbonyl (C=O) groups excluding carboxylic acids is 1. The first-order valence-corrected chi connectivity index (χ1v) is 9.88. The smallest absolute Gasteiger partial charge is 0.339 e. The molecular formula is C25H22O8. The summed E-state index contributed by atoms with van der Waals surface area (Å²) in [5.74, 6) is -4.07. The van der Waals surface area contributed by atoms with Crippen LogP contribution in [0.1, 0.15) is 51.8 Å². The Kier molecular flexibility index (Phi) is 6.12. The third kappa shape index (κ3) is 5.12. The standard InChI is InChI=1S/C25H22O8/c1-25(2,3)33-24(32)19-10-13(14-5-8-17(22(28)29)20(26)11-14)4-7-16(19)15-6-9-18(23(30)31)21(27)12-15/h4-12,26-27H,1-3H3,(H,28,29)(H,30,31). The van der Waals surface area contributed by atoms with E-state index < -0.39 is 35.0 Å². The number of carboxylic acids is 2. The molecule has 0 unspecified atom stereocenters. The van der Waals surface area contributed by atoms with Crippen molar-refractivity contribution in [2.24, 2.45) is 0 Å². The van der Waals surface area contributed by atoms with Crippen LogP contribution in [0.3, 0.4) is 0 Å². The number of aromatic carboxylic acids is 2. The number of rotatable bonds is 5. The highest BCUT2D eigenvalue weighted by molar-refractivity contribution is 6.00. The summed E-state index contributed by atoms with van der Waals surface area (Å²) in [7, 11) is 0. The van der Waals surface area contributed by atoms with Gasteiger partial charge in [0.15, 0.2) is 0 Å². The van der Waals surface area contributed by atoms with Gasteiger partial charge in [0.05, 0.1) is 5.56 Å². The van der Waals surface area contributed by atoms with Gasteiger partial charge >= 0.3 is 17.9 Å². The molecule has 0 heterocycles. The normalized spacial score (nSPS) is 11.1. The van der Waals surface area contributed by atoms with E-state index in [2.05, 4.69) is 0 Å². The van der Waals surface area contributed by atoms with Crippen molar-refractivity contribution in [3.05, 3.63) is 71.3 Å². The molecular weight excluding hydrogens is 428 g/mol. The van der Waals surface area contributed by atoms with Gasteiger partial charge in [-0.1, -0.05) is 24.3 Å². The van der Waals surface area contributed by atoms with Crippen LogP contribution in [0.25, 0.3) is 22.3 Å². The Bertz CT molecular complexity index is 1270. The summed E-state index contributed by atoms with van der Waals surface area (Å²) < 4.78 is 5.52. The summed E-state index contributed by atoms with van der Waals surface area (Å²) in [6, 6.07) is 12.8. The molecule has 0 saturated carbocycles. The molecule has 0 radical (unpaired) electrons. The molecule has 8 nitrogen and oxygen atoms in total. The molecule has 0 bridgehead atoms. The van der Waals surface area contributed by atoms with E-state index in [0.29, 0.717) is 22.3 Å². The number of carbonyl (C=O) groups is 3. The van der Waals surface area contributed by atoms with Gasteiger partial charge < -0.3 is 25.2 Å². The Morgan fingerprint density at radius 2 is 1.12 bits per heavy atom. The highest BCUT2D eigenvalue weighted by Crippen LogP contribution is 2.34. The summed E-state index contributed by atoms with van der Waals surface area (Å²) in [6.45, 7) is 5.14. The lowest BCUT2D eigenvalue weighted by Crippen LogP contribution is -2.24. The quantitative estimate of drug-likeness (QED) is 0.407. The lowest BCUT2D eigenvalue weighted by molar-refractivity contribution is 0.00700. The van der Waals surface area contributed by atoms with Crippen LogP contribution < -0.4 is 0 Å². The molecule has 3 rings (SSSR count). The third-order valence-electron chi connectivity index (χ3n) is 4.74. The van der Waals surface area contributed by atoms with Crippen LogP contribution in [0.2, 0.25) is 0 Å². The van der Waals surface area contributed by atoms with Crippen LogP contribution in [0.5, 0.6) is 11.5 Å². The van der Waals surface area contributed by atoms with Gasteiger partial charge in [-0.15, -0.1) is 0 Å². The SMILES string of the molecule is CC(C)(C)OC(=O)c1cc(-c2ccc(C(=O)O)c(O)c2)ccc1-c1ccc(C(=O)O)c(O)c1. The maximum Gasteiger partial charge on any atom is 0.339 e. The Balaban J connectivity index is 2.16. The maximum atomic E-state index is 13.0. The van der Waals surface area contributed by atoms with Gasteiger partial charge in [-0.25, -0.2) is 14.4 Å². The maximum absolute atomic E-state index is 13.0. The molecule has 170 valence electrons. The molecule has 4 N–H and O–H groups in total. The number of carboxylic acid groups (broad SMARTS) is 2. The minimum absolute atomic E-state index is 0.145. The molecule has 3 aromatic rings. The van der Waals surface area contributed by atoms with Crippen LogP contribution in [0.4, 0.5) is 0 Å². The van der Waals surface area contributed by atoms with Crippen molar-refractivity contribution in [3.8, 4) is 33.8 Å². The van der Waals surface area contributed by atoms with E-state index in [9.17, 15) is 24.6 Å². The van der Waals surface area contributed by atoms with E-state index in [-0.39, 0.29) is 16.7 Å². The van der Waals surface area contributed by atoms with Crippen molar-refractivity contribution in [1.82, 2.24) is 0 Å². The first-order chi connectivity index (χ1) is 15.4. The van der Waals surface area contributed by atoms with Gasteiger partial charge in [-0.2, -0.15) is 0 Å². The average Bonchev–Trinajstić information content (AvgIpc) is 2.71. The fourth-order valence-electron chi connectivity index (χ4n) is 3.25. The second-order valence-electron chi connectivity index (χ2n) is 8.34. The Morgan fingerprint density at radius 3 is 1.61 bits per heavy atom. The monoisotopic (exact) mass is 450 g/mol. The lowest BCUT2D eigenvalue weighted by Gasteiger charge is -2.21. The van der Waals surface area contributed by atoms with Crippen LogP contribution >= 0.6 is 0 Å². The van der Waals surface area contributed by atoms with Crippen molar-refractivity contribution in [2.45, 2.75) is 26.4 Å². The summed E-state index contributed by atoms with van der Waals surface area (Å²) in [4.78, 5) is 35.4. The van der Waals surface area contributed by atoms with Crippen molar-refractivity contribution in [2.75, 3.05) is 0 Å². The van der Waals surface area contributed by atoms with Gasteiger partial charge in [0.1, 0.15) is 28.2 Å². The molecule has 0 spiro atoms. The Hall–Kier alpha value is -4.33. The molecule has 0 fully saturated rings. The Morgan fingerprint density at radius 1 is 0.667 bits per heavy atom. The molecule has 3 aromatic carbocycles. The molecule has 0 aliphatic rings. The molecule has 0 amide bonds. The van der Waals surface area contributed by atoms with Crippen LogP contribution in [0.15, 0.2) is 54.6 Å². The fourth-order valence-corrected chi connectivity index (χ4v) is 3.25. The van der Waals surface area contributed by atoms with E-state index in [1.807, 2.05) is 0 Å². The van der Waals surface area contributed by atoms with Gasteiger partial charge in [-0.05, 0) is 73.4 Å². The van der Waals surface area contributed by atoms with Crippen LogP contribution in [-0.4, -0.2) is 43.9 Å². The van der Waals surface area contributed by atoms with Gasteiger partial charge in [0, 0.05) is 0 Å². The van der Waals surface area contributed by atoms with Crippen LogP contribution in [-0.2, 0) is 4.74 Å². The molecule has 0 atom stereocenters. The third-order valence-corrected chi connectivity index (χ3v) is 4.74. The summed E-state index contributed by atoms with van der Waals surface area (Å²) in [6.07, 6.45) is 0. The second kappa shape index (κ2) is 8.66. The van der Waals surface area contributed by atoms with Crippen molar-refractivity contribution >= 4 is 17.9 Å². The fraction of sp³-hybridized carbons (Fsp3) is 0.160. The molecule has 33 heavy (non-hydrogen) atoms. The van der Waals surface area contributed by atoms with Crippen LogP contribution in [0, 0.1) is 0 Å². The van der Waals surface area contributed by atoms with Crippen molar-refractivity contribution in [3.63, 3.8) is 0 Å². The van der Waals surface area contributed by atoms with Gasteiger partial charge in [0.2, 0.25) is 0 Å². The number of hydrogen-bond donors (Lipinski definition) is 4. The summed E-state index contributed by atoms with van der Waals surface area (Å²) in [5.41, 5.74) is 0.601. The highest BCUT2D eigenvalue weighted by atomic mass is 16.6.